The van der Waals surface area contributed by atoms with Gasteiger partial charge in [0, 0.05) is 36.0 Å². The zero-order valence-electron chi connectivity index (χ0n) is 12.4. The van der Waals surface area contributed by atoms with Gasteiger partial charge in [-0.2, -0.15) is 0 Å². The van der Waals surface area contributed by atoms with Crippen molar-refractivity contribution in [3.05, 3.63) is 21.9 Å². The third-order valence-electron chi connectivity index (χ3n) is 3.82. The van der Waals surface area contributed by atoms with Gasteiger partial charge in [0.25, 0.3) is 0 Å². The number of hydrogen-bond acceptors (Lipinski definition) is 4. The molecule has 20 heavy (non-hydrogen) atoms. The molecule has 1 aromatic rings. The first-order chi connectivity index (χ1) is 9.70. The molecule has 0 spiro atoms. The molecule has 3 nitrogen and oxygen atoms in total. The van der Waals surface area contributed by atoms with E-state index >= 15 is 0 Å². The van der Waals surface area contributed by atoms with E-state index in [0.29, 0.717) is 12.5 Å². The molecular formula is C16H24N2OS. The molecule has 1 aliphatic heterocycles. The van der Waals surface area contributed by atoms with Crippen LogP contribution in [0.5, 0.6) is 0 Å². The smallest absolute Gasteiger partial charge is 0.0540 e. The van der Waals surface area contributed by atoms with Crippen LogP contribution in [0.3, 0.4) is 0 Å². The van der Waals surface area contributed by atoms with E-state index < -0.39 is 0 Å². The highest BCUT2D eigenvalue weighted by molar-refractivity contribution is 7.10. The van der Waals surface area contributed by atoms with Gasteiger partial charge >= 0.3 is 0 Å². The van der Waals surface area contributed by atoms with Gasteiger partial charge in [0.15, 0.2) is 0 Å². The van der Waals surface area contributed by atoms with Crippen LogP contribution in [0.4, 0.5) is 0 Å². The van der Waals surface area contributed by atoms with Crippen molar-refractivity contribution in [1.29, 1.82) is 0 Å². The number of nitrogens with zero attached hydrogens (tertiary/aromatic N) is 2. The van der Waals surface area contributed by atoms with Crippen molar-refractivity contribution < 1.29 is 5.11 Å². The molecule has 1 aliphatic rings. The summed E-state index contributed by atoms with van der Waals surface area (Å²) in [6.45, 7) is 3.49. The highest BCUT2D eigenvalue weighted by atomic mass is 32.1. The quantitative estimate of drug-likeness (QED) is 0.860. The van der Waals surface area contributed by atoms with E-state index in [1.54, 1.807) is 11.3 Å². The van der Waals surface area contributed by atoms with Crippen molar-refractivity contribution in [3.63, 3.8) is 0 Å². The van der Waals surface area contributed by atoms with Crippen LogP contribution in [0.25, 0.3) is 0 Å². The Morgan fingerprint density at radius 1 is 1.55 bits per heavy atom. The zero-order valence-corrected chi connectivity index (χ0v) is 13.2. The van der Waals surface area contributed by atoms with E-state index in [9.17, 15) is 0 Å². The Morgan fingerprint density at radius 3 is 3.15 bits per heavy atom. The van der Waals surface area contributed by atoms with E-state index in [-0.39, 0.29) is 6.61 Å². The summed E-state index contributed by atoms with van der Waals surface area (Å²) in [5, 5.41) is 10.9. The summed E-state index contributed by atoms with van der Waals surface area (Å²) in [4.78, 5) is 6.21. The van der Waals surface area contributed by atoms with Gasteiger partial charge in [0.05, 0.1) is 6.61 Å². The number of aliphatic hydroxyl groups excluding tert-OH is 1. The van der Waals surface area contributed by atoms with Crippen molar-refractivity contribution >= 4 is 11.3 Å². The van der Waals surface area contributed by atoms with E-state index in [1.807, 2.05) is 0 Å². The summed E-state index contributed by atoms with van der Waals surface area (Å²) in [5.74, 6) is 6.19. The molecule has 2 heterocycles. The van der Waals surface area contributed by atoms with Crippen LogP contribution in [-0.4, -0.2) is 54.7 Å². The molecule has 0 aliphatic carbocycles. The predicted octanol–water partition coefficient (Wildman–Crippen LogP) is 2.01. The molecule has 4 heteroatoms. The molecule has 1 atom stereocenters. The van der Waals surface area contributed by atoms with Crippen LogP contribution in [-0.2, 0) is 6.54 Å². The van der Waals surface area contributed by atoms with Gasteiger partial charge in [-0.15, -0.1) is 11.3 Å². The molecular weight excluding hydrogens is 268 g/mol. The molecule has 110 valence electrons. The predicted molar refractivity (Wildman–Crippen MR) is 84.9 cm³/mol. The minimum absolute atomic E-state index is 0.140. The number of thiophene rings is 1. The lowest BCUT2D eigenvalue weighted by Crippen LogP contribution is -2.44. The average Bonchev–Trinajstić information content (AvgIpc) is 2.86. The first-order valence-corrected chi connectivity index (χ1v) is 8.13. The normalized spacial score (nSPS) is 19.9. The Balaban J connectivity index is 1.96. The molecule has 0 radical (unpaired) electrons. The number of aliphatic hydroxyl groups is 1. The molecule has 2 rings (SSSR count). The van der Waals surface area contributed by atoms with Gasteiger partial charge in [0.2, 0.25) is 0 Å². The van der Waals surface area contributed by atoms with Crippen molar-refractivity contribution in [2.45, 2.75) is 31.8 Å². The first kappa shape index (κ1) is 15.5. The number of piperidine rings is 1. The first-order valence-electron chi connectivity index (χ1n) is 7.25. The van der Waals surface area contributed by atoms with Crippen molar-refractivity contribution in [2.75, 3.05) is 33.8 Å². The van der Waals surface area contributed by atoms with Crippen molar-refractivity contribution in [2.24, 2.45) is 0 Å². The molecule has 1 aromatic heterocycles. The number of rotatable bonds is 4. The summed E-state index contributed by atoms with van der Waals surface area (Å²) in [6.07, 6.45) is 3.13. The number of likely N-dealkylation sites (tertiary alicyclic amines) is 1. The monoisotopic (exact) mass is 292 g/mol. The molecule has 1 fully saturated rings. The van der Waals surface area contributed by atoms with Crippen LogP contribution in [0, 0.1) is 11.8 Å². The summed E-state index contributed by atoms with van der Waals surface area (Å²) >= 11 is 1.78. The molecule has 1 saturated heterocycles. The van der Waals surface area contributed by atoms with Crippen LogP contribution in [0.15, 0.2) is 11.4 Å². The van der Waals surface area contributed by atoms with Crippen LogP contribution < -0.4 is 0 Å². The summed E-state index contributed by atoms with van der Waals surface area (Å²) < 4.78 is 0. The van der Waals surface area contributed by atoms with E-state index in [2.05, 4.69) is 47.2 Å². The van der Waals surface area contributed by atoms with E-state index in [0.717, 1.165) is 18.7 Å². The molecule has 1 N–H and O–H groups in total. The number of likely N-dealkylation sites (N-methyl/N-ethyl adjacent to an activating group) is 2. The maximum Gasteiger partial charge on any atom is 0.0540 e. The van der Waals surface area contributed by atoms with Gasteiger partial charge in [-0.3, -0.25) is 4.90 Å². The minimum atomic E-state index is 0.140. The Bertz CT molecular complexity index is 474. The van der Waals surface area contributed by atoms with Gasteiger partial charge in [-0.05, 0) is 44.9 Å². The maximum atomic E-state index is 8.79. The average molecular weight is 292 g/mol. The van der Waals surface area contributed by atoms with E-state index in [4.69, 9.17) is 5.11 Å². The second-order valence-corrected chi connectivity index (χ2v) is 6.51. The third kappa shape index (κ3) is 4.32. The highest BCUT2D eigenvalue weighted by Gasteiger charge is 2.21. The molecule has 0 saturated carbocycles. The second kappa shape index (κ2) is 7.80. The lowest BCUT2D eigenvalue weighted by molar-refractivity contribution is 0.130. The molecule has 0 bridgehead atoms. The second-order valence-electron chi connectivity index (χ2n) is 5.51. The fourth-order valence-electron chi connectivity index (χ4n) is 2.64. The Labute approximate surface area is 126 Å². The van der Waals surface area contributed by atoms with E-state index in [1.165, 1.54) is 24.3 Å². The third-order valence-corrected chi connectivity index (χ3v) is 4.73. The highest BCUT2D eigenvalue weighted by Crippen LogP contribution is 2.21. The SMILES string of the molecule is CN1CCCC(N(C)Cc2sccc2C#CCCO)C1. The lowest BCUT2D eigenvalue weighted by Gasteiger charge is -2.35. The minimum Gasteiger partial charge on any atom is -0.395 e. The summed E-state index contributed by atoms with van der Waals surface area (Å²) in [7, 11) is 4.42. The molecule has 0 amide bonds. The van der Waals surface area contributed by atoms with Gasteiger partial charge in [-0.1, -0.05) is 11.8 Å². The summed E-state index contributed by atoms with van der Waals surface area (Å²) in [5.41, 5.74) is 1.12. The van der Waals surface area contributed by atoms with Crippen LogP contribution in [0.1, 0.15) is 29.7 Å². The molecule has 1 unspecified atom stereocenters. The van der Waals surface area contributed by atoms with Crippen LogP contribution in [0.2, 0.25) is 0 Å². The Hall–Kier alpha value is -0.860. The standard InChI is InChI=1S/C16H24N2OS/c1-17-9-5-7-15(12-17)18(2)13-16-14(8-11-20-16)6-3-4-10-19/h8,11,15,19H,4-5,7,9-10,12-13H2,1-2H3. The largest absolute Gasteiger partial charge is 0.395 e. The van der Waals surface area contributed by atoms with Gasteiger partial charge in [-0.25, -0.2) is 0 Å². The number of hydrogen-bond donors (Lipinski definition) is 1. The molecule has 0 aromatic carbocycles. The zero-order chi connectivity index (χ0) is 14.4. The Kier molecular flexibility index (Phi) is 6.06. The van der Waals surface area contributed by atoms with Crippen LogP contribution >= 0.6 is 11.3 Å². The summed E-state index contributed by atoms with van der Waals surface area (Å²) in [6, 6.07) is 2.74. The van der Waals surface area contributed by atoms with Gasteiger partial charge < -0.3 is 10.0 Å². The van der Waals surface area contributed by atoms with Crippen molar-refractivity contribution in [1.82, 2.24) is 9.80 Å². The fourth-order valence-corrected chi connectivity index (χ4v) is 3.54. The van der Waals surface area contributed by atoms with Gasteiger partial charge in [0.1, 0.15) is 0 Å². The maximum absolute atomic E-state index is 8.79. The topological polar surface area (TPSA) is 26.7 Å². The lowest BCUT2D eigenvalue weighted by atomic mass is 10.0. The van der Waals surface area contributed by atoms with Crippen molar-refractivity contribution in [3.8, 4) is 11.8 Å². The fraction of sp³-hybridized carbons (Fsp3) is 0.625. The Morgan fingerprint density at radius 2 is 2.40 bits per heavy atom.